The van der Waals surface area contributed by atoms with Gasteiger partial charge in [0.05, 0.1) is 29.3 Å². The fraction of sp³-hybridized carbons (Fsp3) is 0.448. The monoisotopic (exact) mass is 501 g/mol. The molecule has 4 heterocycles. The molecule has 0 amide bonds. The van der Waals surface area contributed by atoms with E-state index in [1.165, 1.54) is 5.56 Å². The highest BCUT2D eigenvalue weighted by Gasteiger charge is 2.35. The van der Waals surface area contributed by atoms with Gasteiger partial charge >= 0.3 is 0 Å². The standard InChI is InChI=1S/C29H35N5O3/c1-36-15-16-37-23-6-7-26-25(17-23)31-19-34(26)27-8-5-20-3-2-4-24(28(20)32-27)29(21-9-12-30-13-10-21)33-14-11-22(35)18-33/h2-8,17,19,21-22,29-30,35H,9-16,18H2,1H3. The number of ether oxygens (including phenoxy) is 2. The van der Waals surface area contributed by atoms with Crippen LogP contribution in [0.1, 0.15) is 30.9 Å². The van der Waals surface area contributed by atoms with Crippen LogP contribution in [0.15, 0.2) is 54.9 Å². The molecule has 2 unspecified atom stereocenters. The lowest BCUT2D eigenvalue weighted by Gasteiger charge is -2.37. The number of benzene rings is 2. The lowest BCUT2D eigenvalue weighted by Crippen LogP contribution is -2.38. The number of pyridine rings is 1. The molecular weight excluding hydrogens is 466 g/mol. The summed E-state index contributed by atoms with van der Waals surface area (Å²) in [6.07, 6.45) is 4.69. The molecule has 37 heavy (non-hydrogen) atoms. The summed E-state index contributed by atoms with van der Waals surface area (Å²) in [7, 11) is 1.67. The highest BCUT2D eigenvalue weighted by Crippen LogP contribution is 2.39. The summed E-state index contributed by atoms with van der Waals surface area (Å²) in [5.41, 5.74) is 4.15. The van der Waals surface area contributed by atoms with Crippen molar-refractivity contribution >= 4 is 21.9 Å². The summed E-state index contributed by atoms with van der Waals surface area (Å²) in [5.74, 6) is 2.16. The molecule has 2 atom stereocenters. The molecule has 2 aliphatic rings. The van der Waals surface area contributed by atoms with E-state index in [0.717, 1.165) is 78.9 Å². The summed E-state index contributed by atoms with van der Waals surface area (Å²) in [6, 6.07) is 17.0. The number of nitrogens with one attached hydrogen (secondary N) is 1. The van der Waals surface area contributed by atoms with Crippen LogP contribution < -0.4 is 10.1 Å². The van der Waals surface area contributed by atoms with Gasteiger partial charge in [-0.25, -0.2) is 9.97 Å². The number of imidazole rings is 1. The Morgan fingerprint density at radius 3 is 2.78 bits per heavy atom. The third-order valence-corrected chi connectivity index (χ3v) is 7.80. The van der Waals surface area contributed by atoms with Crippen molar-refractivity contribution < 1.29 is 14.6 Å². The molecule has 0 saturated carbocycles. The Morgan fingerprint density at radius 1 is 1.08 bits per heavy atom. The van der Waals surface area contributed by atoms with Crippen LogP contribution in [0.25, 0.3) is 27.8 Å². The van der Waals surface area contributed by atoms with Crippen LogP contribution in [-0.2, 0) is 4.74 Å². The largest absolute Gasteiger partial charge is 0.491 e. The van der Waals surface area contributed by atoms with Crippen molar-refractivity contribution in [3.05, 3.63) is 60.4 Å². The Balaban J connectivity index is 1.39. The molecule has 0 bridgehead atoms. The maximum atomic E-state index is 10.4. The van der Waals surface area contributed by atoms with Gasteiger partial charge in [0.25, 0.3) is 0 Å². The lowest BCUT2D eigenvalue weighted by atomic mass is 9.84. The molecule has 0 spiro atoms. The summed E-state index contributed by atoms with van der Waals surface area (Å²) in [4.78, 5) is 12.4. The maximum Gasteiger partial charge on any atom is 0.139 e. The normalized spacial score (nSPS) is 20.1. The van der Waals surface area contributed by atoms with E-state index >= 15 is 0 Å². The first-order chi connectivity index (χ1) is 18.2. The second kappa shape index (κ2) is 10.8. The van der Waals surface area contributed by atoms with E-state index in [-0.39, 0.29) is 12.1 Å². The van der Waals surface area contributed by atoms with Crippen LogP contribution in [0.5, 0.6) is 5.75 Å². The zero-order chi connectivity index (χ0) is 25.2. The van der Waals surface area contributed by atoms with Gasteiger partial charge in [0.15, 0.2) is 0 Å². The van der Waals surface area contributed by atoms with E-state index < -0.39 is 0 Å². The summed E-state index contributed by atoms with van der Waals surface area (Å²) < 4.78 is 12.9. The van der Waals surface area contributed by atoms with Crippen molar-refractivity contribution in [2.24, 2.45) is 5.92 Å². The second-order valence-electron chi connectivity index (χ2n) is 10.2. The Labute approximate surface area is 217 Å². The molecule has 2 aromatic carbocycles. The number of aliphatic hydroxyl groups is 1. The Kier molecular flexibility index (Phi) is 7.06. The number of aromatic nitrogens is 3. The number of rotatable bonds is 8. The average molecular weight is 502 g/mol. The van der Waals surface area contributed by atoms with Crippen LogP contribution in [0.3, 0.4) is 0 Å². The molecule has 2 saturated heterocycles. The molecule has 194 valence electrons. The lowest BCUT2D eigenvalue weighted by molar-refractivity contribution is 0.120. The molecule has 0 radical (unpaired) electrons. The topological polar surface area (TPSA) is 84.7 Å². The van der Waals surface area contributed by atoms with E-state index in [9.17, 15) is 5.11 Å². The molecular formula is C29H35N5O3. The van der Waals surface area contributed by atoms with E-state index in [1.807, 2.05) is 29.1 Å². The van der Waals surface area contributed by atoms with Gasteiger partial charge in [0.1, 0.15) is 24.5 Å². The SMILES string of the molecule is COCCOc1ccc2c(c1)ncn2-c1ccc2cccc(C(C3CCNCC3)N3CCC(O)C3)c2n1. The molecule has 2 fully saturated rings. The highest BCUT2D eigenvalue weighted by atomic mass is 16.5. The average Bonchev–Trinajstić information content (AvgIpc) is 3.55. The molecule has 4 aromatic rings. The number of piperidine rings is 1. The minimum Gasteiger partial charge on any atom is -0.491 e. The first kappa shape index (κ1) is 24.3. The number of β-amino-alcohol motifs (C(OH)–C–C–N with tert-alkyl or cyclic N) is 1. The summed E-state index contributed by atoms with van der Waals surface area (Å²) >= 11 is 0. The van der Waals surface area contributed by atoms with E-state index in [0.29, 0.717) is 19.1 Å². The van der Waals surface area contributed by atoms with Gasteiger partial charge in [-0.05, 0) is 68.1 Å². The van der Waals surface area contributed by atoms with Gasteiger partial charge < -0.3 is 19.9 Å². The van der Waals surface area contributed by atoms with Gasteiger partial charge in [-0.3, -0.25) is 9.47 Å². The van der Waals surface area contributed by atoms with Crippen molar-refractivity contribution in [2.75, 3.05) is 46.5 Å². The third kappa shape index (κ3) is 4.94. The zero-order valence-corrected chi connectivity index (χ0v) is 21.3. The smallest absolute Gasteiger partial charge is 0.139 e. The summed E-state index contributed by atoms with van der Waals surface area (Å²) in [5, 5.41) is 15.0. The Morgan fingerprint density at radius 2 is 1.97 bits per heavy atom. The number of likely N-dealkylation sites (tertiary alicyclic amines) is 1. The predicted molar refractivity (Wildman–Crippen MR) is 144 cm³/mol. The molecule has 0 aliphatic carbocycles. The van der Waals surface area contributed by atoms with Gasteiger partial charge in [0.2, 0.25) is 0 Å². The molecule has 6 rings (SSSR count). The number of methoxy groups -OCH3 is 1. The fourth-order valence-electron chi connectivity index (χ4n) is 5.97. The number of para-hydroxylation sites is 1. The quantitative estimate of drug-likeness (QED) is 0.356. The van der Waals surface area contributed by atoms with Gasteiger partial charge in [-0.2, -0.15) is 0 Å². The number of fused-ring (bicyclic) bond motifs is 2. The molecule has 2 N–H and O–H groups in total. The van der Waals surface area contributed by atoms with E-state index in [2.05, 4.69) is 45.5 Å². The van der Waals surface area contributed by atoms with Gasteiger partial charge in [-0.1, -0.05) is 18.2 Å². The zero-order valence-electron chi connectivity index (χ0n) is 21.3. The minimum absolute atomic E-state index is 0.247. The van der Waals surface area contributed by atoms with Crippen LogP contribution in [0.4, 0.5) is 0 Å². The van der Waals surface area contributed by atoms with Crippen molar-refractivity contribution in [3.63, 3.8) is 0 Å². The van der Waals surface area contributed by atoms with Crippen LogP contribution in [-0.4, -0.2) is 77.1 Å². The number of aliphatic hydroxyl groups excluding tert-OH is 1. The number of hydrogen-bond donors (Lipinski definition) is 2. The highest BCUT2D eigenvalue weighted by molar-refractivity contribution is 5.84. The number of nitrogens with zero attached hydrogens (tertiary/aromatic N) is 4. The molecule has 2 aromatic heterocycles. The predicted octanol–water partition coefficient (Wildman–Crippen LogP) is 3.71. The Bertz CT molecular complexity index is 1360. The fourth-order valence-corrected chi connectivity index (χ4v) is 5.97. The van der Waals surface area contributed by atoms with E-state index in [4.69, 9.17) is 14.5 Å². The van der Waals surface area contributed by atoms with Crippen molar-refractivity contribution in [1.29, 1.82) is 0 Å². The summed E-state index contributed by atoms with van der Waals surface area (Å²) in [6.45, 7) is 4.78. The first-order valence-corrected chi connectivity index (χ1v) is 13.3. The first-order valence-electron chi connectivity index (χ1n) is 13.3. The van der Waals surface area contributed by atoms with Crippen molar-refractivity contribution in [2.45, 2.75) is 31.4 Å². The van der Waals surface area contributed by atoms with Crippen LogP contribution >= 0.6 is 0 Å². The van der Waals surface area contributed by atoms with E-state index in [1.54, 1.807) is 7.11 Å². The van der Waals surface area contributed by atoms with Crippen LogP contribution in [0, 0.1) is 5.92 Å². The Hall–Kier alpha value is -3.04. The van der Waals surface area contributed by atoms with Gasteiger partial charge in [-0.15, -0.1) is 0 Å². The molecule has 2 aliphatic heterocycles. The van der Waals surface area contributed by atoms with Crippen molar-refractivity contribution in [1.82, 2.24) is 24.8 Å². The number of hydrogen-bond acceptors (Lipinski definition) is 7. The minimum atomic E-state index is -0.247. The second-order valence-corrected chi connectivity index (χ2v) is 10.2. The third-order valence-electron chi connectivity index (χ3n) is 7.80. The van der Waals surface area contributed by atoms with Crippen LogP contribution in [0.2, 0.25) is 0 Å². The molecule has 8 heteroatoms. The maximum absolute atomic E-state index is 10.4. The van der Waals surface area contributed by atoms with Gasteiger partial charge in [0, 0.05) is 37.7 Å². The van der Waals surface area contributed by atoms with Crippen molar-refractivity contribution in [3.8, 4) is 11.6 Å². The molecule has 8 nitrogen and oxygen atoms in total.